The molecule has 0 unspecified atom stereocenters. The summed E-state index contributed by atoms with van der Waals surface area (Å²) in [6.45, 7) is 3.94. The van der Waals surface area contributed by atoms with Crippen LogP contribution in [-0.4, -0.2) is 41.1 Å². The van der Waals surface area contributed by atoms with Gasteiger partial charge in [0.2, 0.25) is 15.9 Å². The number of halogens is 1. The Kier molecular flexibility index (Phi) is 8.13. The summed E-state index contributed by atoms with van der Waals surface area (Å²) in [6.07, 6.45) is 2.10. The topological polar surface area (TPSA) is 70.6 Å². The third-order valence-corrected chi connectivity index (χ3v) is 8.97. The number of amides is 1. The molecule has 0 aliphatic heterocycles. The SMILES string of the molecule is CC[C@H](C)N(CC(=O)N(Cc1ccc(F)cc1)Cc1cccs1)S(=O)(=O)c1cccc2cccnc12. The van der Waals surface area contributed by atoms with Crippen molar-refractivity contribution in [2.24, 2.45) is 0 Å². The molecular weight excluding hydrogens is 497 g/mol. The number of fused-ring (bicyclic) bond motifs is 1. The van der Waals surface area contributed by atoms with Crippen LogP contribution in [0.2, 0.25) is 0 Å². The van der Waals surface area contributed by atoms with Gasteiger partial charge in [0.25, 0.3) is 0 Å². The van der Waals surface area contributed by atoms with Gasteiger partial charge >= 0.3 is 0 Å². The minimum Gasteiger partial charge on any atom is -0.332 e. The Bertz CT molecular complexity index is 1420. The third-order valence-electron chi connectivity index (χ3n) is 6.12. The zero-order chi connectivity index (χ0) is 25.7. The lowest BCUT2D eigenvalue weighted by Crippen LogP contribution is -2.46. The third kappa shape index (κ3) is 5.80. The highest BCUT2D eigenvalue weighted by Crippen LogP contribution is 2.26. The number of thiophene rings is 1. The highest BCUT2D eigenvalue weighted by Gasteiger charge is 2.33. The fraction of sp³-hybridized carbons (Fsp3) is 0.259. The van der Waals surface area contributed by atoms with Crippen molar-refractivity contribution in [3.8, 4) is 0 Å². The average Bonchev–Trinajstić information content (AvgIpc) is 3.40. The Hall–Kier alpha value is -3.14. The van der Waals surface area contributed by atoms with Crippen LogP contribution >= 0.6 is 11.3 Å². The fourth-order valence-corrected chi connectivity index (χ4v) is 6.50. The molecular formula is C27H28FN3O3S2. The van der Waals surface area contributed by atoms with Gasteiger partial charge in [0.15, 0.2) is 0 Å². The van der Waals surface area contributed by atoms with E-state index in [4.69, 9.17) is 0 Å². The van der Waals surface area contributed by atoms with Crippen LogP contribution in [0.5, 0.6) is 0 Å². The summed E-state index contributed by atoms with van der Waals surface area (Å²) in [7, 11) is -4.03. The van der Waals surface area contributed by atoms with Crippen LogP contribution in [0, 0.1) is 5.82 Å². The molecule has 2 aromatic carbocycles. The minimum atomic E-state index is -4.03. The molecule has 1 amide bonds. The first-order valence-electron chi connectivity index (χ1n) is 11.7. The van der Waals surface area contributed by atoms with E-state index in [0.717, 1.165) is 10.4 Å². The molecule has 0 N–H and O–H groups in total. The summed E-state index contributed by atoms with van der Waals surface area (Å²) in [5, 5.41) is 2.64. The predicted molar refractivity (Wildman–Crippen MR) is 140 cm³/mol. The van der Waals surface area contributed by atoms with Crippen molar-refractivity contribution in [2.75, 3.05) is 6.54 Å². The van der Waals surface area contributed by atoms with Crippen LogP contribution in [0.1, 0.15) is 30.7 Å². The molecule has 0 bridgehead atoms. The fourth-order valence-electron chi connectivity index (χ4n) is 3.96. The standard InChI is InChI=1S/C27H28FN3O3S2/c1-3-20(2)31(36(33,34)25-10-4-7-22-8-5-15-29-27(22)25)19-26(32)30(18-24-9-6-16-35-24)17-21-11-13-23(28)14-12-21/h4-16,20H,3,17-19H2,1-2H3/t20-/m0/s1. The van der Waals surface area contributed by atoms with Crippen molar-refractivity contribution in [2.45, 2.75) is 44.3 Å². The summed E-state index contributed by atoms with van der Waals surface area (Å²) < 4.78 is 42.5. The quantitative estimate of drug-likeness (QED) is 0.276. The maximum Gasteiger partial charge on any atom is 0.245 e. The van der Waals surface area contributed by atoms with Gasteiger partial charge in [-0.3, -0.25) is 9.78 Å². The maximum atomic E-state index is 13.9. The number of rotatable bonds is 10. The summed E-state index contributed by atoms with van der Waals surface area (Å²) in [4.78, 5) is 20.6. The predicted octanol–water partition coefficient (Wildman–Crippen LogP) is 5.45. The molecule has 0 fully saturated rings. The lowest BCUT2D eigenvalue weighted by Gasteiger charge is -2.30. The van der Waals surface area contributed by atoms with Crippen molar-refractivity contribution in [3.63, 3.8) is 0 Å². The first kappa shape index (κ1) is 25.9. The molecule has 188 valence electrons. The Morgan fingerprint density at radius 2 is 1.78 bits per heavy atom. The number of benzene rings is 2. The van der Waals surface area contributed by atoms with Crippen LogP contribution in [0.15, 0.2) is 83.2 Å². The number of aromatic nitrogens is 1. The van der Waals surface area contributed by atoms with Gasteiger partial charge in [-0.15, -0.1) is 11.3 Å². The molecule has 6 nitrogen and oxygen atoms in total. The number of para-hydroxylation sites is 1. The molecule has 4 rings (SSSR count). The van der Waals surface area contributed by atoms with Crippen LogP contribution in [0.3, 0.4) is 0 Å². The first-order valence-corrected chi connectivity index (χ1v) is 14.0. The van der Waals surface area contributed by atoms with Gasteiger partial charge in [0, 0.05) is 29.0 Å². The molecule has 0 saturated carbocycles. The largest absolute Gasteiger partial charge is 0.332 e. The Balaban J connectivity index is 1.67. The van der Waals surface area contributed by atoms with E-state index in [1.54, 1.807) is 42.3 Å². The molecule has 4 aromatic rings. The van der Waals surface area contributed by atoms with Crippen LogP contribution in [0.25, 0.3) is 10.9 Å². The second kappa shape index (κ2) is 11.3. The first-order chi connectivity index (χ1) is 17.3. The zero-order valence-electron chi connectivity index (χ0n) is 20.2. The molecule has 0 saturated heterocycles. The zero-order valence-corrected chi connectivity index (χ0v) is 21.8. The Morgan fingerprint density at radius 1 is 1.03 bits per heavy atom. The molecule has 0 aliphatic rings. The van der Waals surface area contributed by atoms with Crippen molar-refractivity contribution in [1.29, 1.82) is 0 Å². The average molecular weight is 526 g/mol. The van der Waals surface area contributed by atoms with E-state index < -0.39 is 16.1 Å². The van der Waals surface area contributed by atoms with Gasteiger partial charge in [0.05, 0.1) is 18.6 Å². The van der Waals surface area contributed by atoms with Crippen molar-refractivity contribution >= 4 is 38.2 Å². The van der Waals surface area contributed by atoms with E-state index in [0.29, 0.717) is 23.9 Å². The monoisotopic (exact) mass is 525 g/mol. The summed E-state index contributed by atoms with van der Waals surface area (Å²) in [5.41, 5.74) is 1.14. The van der Waals surface area contributed by atoms with Gasteiger partial charge < -0.3 is 4.90 Å². The molecule has 0 spiro atoms. The number of pyridine rings is 1. The van der Waals surface area contributed by atoms with Crippen LogP contribution in [0.4, 0.5) is 4.39 Å². The van der Waals surface area contributed by atoms with Gasteiger partial charge in [-0.25, -0.2) is 12.8 Å². The number of carbonyl (C=O) groups is 1. The smallest absolute Gasteiger partial charge is 0.245 e. The van der Waals surface area contributed by atoms with E-state index in [2.05, 4.69) is 4.98 Å². The molecule has 2 heterocycles. The Morgan fingerprint density at radius 3 is 2.47 bits per heavy atom. The van der Waals surface area contributed by atoms with E-state index in [1.807, 2.05) is 36.6 Å². The molecule has 2 aromatic heterocycles. The maximum absolute atomic E-state index is 13.9. The number of hydrogen-bond donors (Lipinski definition) is 0. The van der Waals surface area contributed by atoms with Crippen molar-refractivity contribution in [1.82, 2.24) is 14.2 Å². The molecule has 0 radical (unpaired) electrons. The highest BCUT2D eigenvalue weighted by molar-refractivity contribution is 7.89. The van der Waals surface area contributed by atoms with Gasteiger partial charge in [-0.05, 0) is 54.6 Å². The molecule has 1 atom stereocenters. The highest BCUT2D eigenvalue weighted by atomic mass is 32.2. The van der Waals surface area contributed by atoms with E-state index >= 15 is 0 Å². The lowest BCUT2D eigenvalue weighted by molar-refractivity contribution is -0.133. The normalized spacial score (nSPS) is 12.7. The second-order valence-electron chi connectivity index (χ2n) is 8.59. The van der Waals surface area contributed by atoms with Crippen LogP contribution in [-0.2, 0) is 27.9 Å². The van der Waals surface area contributed by atoms with Gasteiger partial charge in [0.1, 0.15) is 10.7 Å². The lowest BCUT2D eigenvalue weighted by atomic mass is 10.2. The molecule has 0 aliphatic carbocycles. The second-order valence-corrected chi connectivity index (χ2v) is 11.5. The van der Waals surface area contributed by atoms with Crippen LogP contribution < -0.4 is 0 Å². The molecule has 36 heavy (non-hydrogen) atoms. The summed E-state index contributed by atoms with van der Waals surface area (Å²) >= 11 is 1.52. The van der Waals surface area contributed by atoms with E-state index in [-0.39, 0.29) is 29.7 Å². The molecule has 9 heteroatoms. The van der Waals surface area contributed by atoms with E-state index in [9.17, 15) is 17.6 Å². The Labute approximate surface area is 215 Å². The summed E-state index contributed by atoms with van der Waals surface area (Å²) in [5.74, 6) is -0.683. The number of sulfonamides is 1. The minimum absolute atomic E-state index is 0.0806. The van der Waals surface area contributed by atoms with E-state index in [1.165, 1.54) is 33.8 Å². The van der Waals surface area contributed by atoms with Crippen molar-refractivity contribution < 1.29 is 17.6 Å². The number of hydrogen-bond acceptors (Lipinski definition) is 5. The van der Waals surface area contributed by atoms with Crippen molar-refractivity contribution in [3.05, 3.63) is 94.6 Å². The number of carbonyl (C=O) groups excluding carboxylic acids is 1. The van der Waals surface area contributed by atoms with Gasteiger partial charge in [-0.1, -0.05) is 43.3 Å². The van der Waals surface area contributed by atoms with Gasteiger partial charge in [-0.2, -0.15) is 4.31 Å². The number of nitrogens with zero attached hydrogens (tertiary/aromatic N) is 3. The summed E-state index contributed by atoms with van der Waals surface area (Å²) in [6, 6.07) is 18.0.